The van der Waals surface area contributed by atoms with Gasteiger partial charge in [-0.1, -0.05) is 12.1 Å². The molecule has 2 fully saturated rings. The molecule has 2 heterocycles. The van der Waals surface area contributed by atoms with Crippen molar-refractivity contribution in [1.29, 1.82) is 0 Å². The van der Waals surface area contributed by atoms with Crippen LogP contribution >= 0.6 is 0 Å². The van der Waals surface area contributed by atoms with E-state index in [1.165, 1.54) is 5.56 Å². The van der Waals surface area contributed by atoms with Crippen LogP contribution in [0, 0.1) is 0 Å². The van der Waals surface area contributed by atoms with E-state index >= 15 is 0 Å². The van der Waals surface area contributed by atoms with Crippen LogP contribution in [0.1, 0.15) is 15.9 Å². The molecule has 0 aromatic heterocycles. The Bertz CT molecular complexity index is 526. The SMILES string of the molecule is O=C(NCCN1CCOCC1)c1cccc(CN2CCOCC2)c1. The van der Waals surface area contributed by atoms with E-state index in [0.29, 0.717) is 6.54 Å². The quantitative estimate of drug-likeness (QED) is 0.825. The minimum absolute atomic E-state index is 0.00656. The molecule has 2 saturated heterocycles. The lowest BCUT2D eigenvalue weighted by atomic mass is 10.1. The van der Waals surface area contributed by atoms with Crippen LogP contribution in [-0.4, -0.2) is 81.4 Å². The van der Waals surface area contributed by atoms with Crippen LogP contribution in [0.2, 0.25) is 0 Å². The number of amides is 1. The maximum absolute atomic E-state index is 12.3. The maximum atomic E-state index is 12.3. The second-order valence-corrected chi connectivity index (χ2v) is 6.30. The molecule has 0 saturated carbocycles. The Balaban J connectivity index is 1.46. The first-order valence-corrected chi connectivity index (χ1v) is 8.78. The Labute approximate surface area is 143 Å². The van der Waals surface area contributed by atoms with Gasteiger partial charge < -0.3 is 14.8 Å². The van der Waals surface area contributed by atoms with Gasteiger partial charge in [0.05, 0.1) is 26.4 Å². The van der Waals surface area contributed by atoms with E-state index in [4.69, 9.17) is 9.47 Å². The summed E-state index contributed by atoms with van der Waals surface area (Å²) in [6, 6.07) is 7.93. The zero-order valence-electron chi connectivity index (χ0n) is 14.2. The van der Waals surface area contributed by atoms with E-state index < -0.39 is 0 Å². The summed E-state index contributed by atoms with van der Waals surface area (Å²) in [5, 5.41) is 3.02. The fourth-order valence-electron chi connectivity index (χ4n) is 3.08. The number of morpholine rings is 2. The number of carbonyl (C=O) groups is 1. The fourth-order valence-corrected chi connectivity index (χ4v) is 3.08. The summed E-state index contributed by atoms with van der Waals surface area (Å²) < 4.78 is 10.7. The third-order valence-electron chi connectivity index (χ3n) is 4.52. The van der Waals surface area contributed by atoms with Gasteiger partial charge in [0.1, 0.15) is 0 Å². The molecule has 0 atom stereocenters. The average molecular weight is 333 g/mol. The van der Waals surface area contributed by atoms with Crippen LogP contribution in [0.25, 0.3) is 0 Å². The molecule has 3 rings (SSSR count). The molecular formula is C18H27N3O3. The molecule has 0 bridgehead atoms. The first kappa shape index (κ1) is 17.4. The van der Waals surface area contributed by atoms with E-state index in [0.717, 1.165) is 71.3 Å². The van der Waals surface area contributed by atoms with Crippen LogP contribution < -0.4 is 5.32 Å². The molecule has 1 N–H and O–H groups in total. The number of rotatable bonds is 6. The summed E-state index contributed by atoms with van der Waals surface area (Å²) in [7, 11) is 0. The Morgan fingerprint density at radius 1 is 1.00 bits per heavy atom. The number of hydrogen-bond donors (Lipinski definition) is 1. The summed E-state index contributed by atoms with van der Waals surface area (Å²) in [5.41, 5.74) is 1.92. The number of ether oxygens (including phenoxy) is 2. The molecule has 24 heavy (non-hydrogen) atoms. The first-order chi connectivity index (χ1) is 11.8. The van der Waals surface area contributed by atoms with Crippen molar-refractivity contribution in [3.8, 4) is 0 Å². The Hall–Kier alpha value is -1.47. The third kappa shape index (κ3) is 5.27. The van der Waals surface area contributed by atoms with Gasteiger partial charge >= 0.3 is 0 Å². The van der Waals surface area contributed by atoms with Crippen LogP contribution in [0.15, 0.2) is 24.3 Å². The largest absolute Gasteiger partial charge is 0.379 e. The molecule has 2 aliphatic rings. The molecule has 6 nitrogen and oxygen atoms in total. The predicted molar refractivity (Wildman–Crippen MR) is 92.1 cm³/mol. The molecule has 1 aromatic rings. The summed E-state index contributed by atoms with van der Waals surface area (Å²) in [5.74, 6) is 0.00656. The van der Waals surface area contributed by atoms with Gasteiger partial charge in [0.15, 0.2) is 0 Å². The van der Waals surface area contributed by atoms with Crippen molar-refractivity contribution in [3.63, 3.8) is 0 Å². The lowest BCUT2D eigenvalue weighted by Crippen LogP contribution is -2.41. The lowest BCUT2D eigenvalue weighted by molar-refractivity contribution is 0.0341. The van der Waals surface area contributed by atoms with Crippen molar-refractivity contribution in [2.24, 2.45) is 0 Å². The predicted octanol–water partition coefficient (Wildman–Crippen LogP) is 0.581. The van der Waals surface area contributed by atoms with Crippen molar-refractivity contribution < 1.29 is 14.3 Å². The van der Waals surface area contributed by atoms with Gasteiger partial charge in [-0.2, -0.15) is 0 Å². The molecule has 0 unspecified atom stereocenters. The molecule has 1 aromatic carbocycles. The zero-order valence-corrected chi connectivity index (χ0v) is 14.2. The maximum Gasteiger partial charge on any atom is 0.251 e. The molecule has 0 aliphatic carbocycles. The Morgan fingerprint density at radius 2 is 1.67 bits per heavy atom. The molecule has 2 aliphatic heterocycles. The summed E-state index contributed by atoms with van der Waals surface area (Å²) in [6.07, 6.45) is 0. The first-order valence-electron chi connectivity index (χ1n) is 8.78. The summed E-state index contributed by atoms with van der Waals surface area (Å²) >= 11 is 0. The van der Waals surface area contributed by atoms with Gasteiger partial charge in [-0.3, -0.25) is 14.6 Å². The van der Waals surface area contributed by atoms with Crippen LogP contribution in [-0.2, 0) is 16.0 Å². The van der Waals surface area contributed by atoms with Gasteiger partial charge in [-0.25, -0.2) is 0 Å². The van der Waals surface area contributed by atoms with Crippen LogP contribution in [0.3, 0.4) is 0 Å². The number of nitrogens with zero attached hydrogens (tertiary/aromatic N) is 2. The van der Waals surface area contributed by atoms with Crippen molar-refractivity contribution in [1.82, 2.24) is 15.1 Å². The van der Waals surface area contributed by atoms with E-state index in [1.54, 1.807) is 0 Å². The molecule has 0 radical (unpaired) electrons. The Kier molecular flexibility index (Phi) is 6.60. The van der Waals surface area contributed by atoms with Gasteiger partial charge in [0.25, 0.3) is 5.91 Å². The summed E-state index contributed by atoms with van der Waals surface area (Å²) in [6.45, 7) is 9.40. The number of hydrogen-bond acceptors (Lipinski definition) is 5. The average Bonchev–Trinajstić information content (AvgIpc) is 2.64. The standard InChI is InChI=1S/C18H27N3O3/c22-18(19-4-5-20-6-10-23-11-7-20)17-3-1-2-16(14-17)15-21-8-12-24-13-9-21/h1-3,14H,4-13,15H2,(H,19,22). The van der Waals surface area contributed by atoms with Gasteiger partial charge in [0, 0.05) is 51.4 Å². The molecule has 132 valence electrons. The number of carbonyl (C=O) groups excluding carboxylic acids is 1. The third-order valence-corrected chi connectivity index (χ3v) is 4.52. The molecule has 6 heteroatoms. The normalized spacial score (nSPS) is 20.0. The van der Waals surface area contributed by atoms with E-state index in [9.17, 15) is 4.79 Å². The minimum atomic E-state index is 0.00656. The van der Waals surface area contributed by atoms with E-state index in [2.05, 4.69) is 21.2 Å². The van der Waals surface area contributed by atoms with Crippen molar-refractivity contribution in [2.75, 3.05) is 65.7 Å². The van der Waals surface area contributed by atoms with Crippen LogP contribution in [0.5, 0.6) is 0 Å². The number of benzene rings is 1. The smallest absolute Gasteiger partial charge is 0.251 e. The van der Waals surface area contributed by atoms with Crippen LogP contribution in [0.4, 0.5) is 0 Å². The van der Waals surface area contributed by atoms with Gasteiger partial charge in [-0.05, 0) is 17.7 Å². The molecule has 1 amide bonds. The monoisotopic (exact) mass is 333 g/mol. The van der Waals surface area contributed by atoms with Crippen molar-refractivity contribution in [3.05, 3.63) is 35.4 Å². The summed E-state index contributed by atoms with van der Waals surface area (Å²) in [4.78, 5) is 17.0. The number of nitrogens with one attached hydrogen (secondary N) is 1. The highest BCUT2D eigenvalue weighted by molar-refractivity contribution is 5.94. The second kappa shape index (κ2) is 9.13. The van der Waals surface area contributed by atoms with E-state index in [-0.39, 0.29) is 5.91 Å². The van der Waals surface area contributed by atoms with Gasteiger partial charge in [-0.15, -0.1) is 0 Å². The highest BCUT2D eigenvalue weighted by Crippen LogP contribution is 2.10. The Morgan fingerprint density at radius 3 is 2.38 bits per heavy atom. The topological polar surface area (TPSA) is 54.0 Å². The highest BCUT2D eigenvalue weighted by atomic mass is 16.5. The van der Waals surface area contributed by atoms with Crippen molar-refractivity contribution in [2.45, 2.75) is 6.54 Å². The van der Waals surface area contributed by atoms with Gasteiger partial charge in [0.2, 0.25) is 0 Å². The van der Waals surface area contributed by atoms with Crippen molar-refractivity contribution >= 4 is 5.91 Å². The fraction of sp³-hybridized carbons (Fsp3) is 0.611. The zero-order chi connectivity index (χ0) is 16.6. The van der Waals surface area contributed by atoms with E-state index in [1.807, 2.05) is 18.2 Å². The molecular weight excluding hydrogens is 306 g/mol. The lowest BCUT2D eigenvalue weighted by Gasteiger charge is -2.27. The minimum Gasteiger partial charge on any atom is -0.379 e. The molecule has 0 spiro atoms. The second-order valence-electron chi connectivity index (χ2n) is 6.30. The highest BCUT2D eigenvalue weighted by Gasteiger charge is 2.13.